The molecule has 4 rings (SSSR count). The zero-order valence-corrected chi connectivity index (χ0v) is 21.7. The van der Waals surface area contributed by atoms with Gasteiger partial charge in [0.1, 0.15) is 24.4 Å². The lowest BCUT2D eigenvalue weighted by molar-refractivity contribution is -0.289. The van der Waals surface area contributed by atoms with Crippen LogP contribution in [0.2, 0.25) is 0 Å². The molecule has 0 bridgehead atoms. The molecule has 1 fully saturated rings. The van der Waals surface area contributed by atoms with Crippen molar-refractivity contribution in [2.24, 2.45) is 0 Å². The van der Waals surface area contributed by atoms with Gasteiger partial charge in [-0.2, -0.15) is 0 Å². The SMILES string of the molecule is CO[C@H]1O[C](CC(=O)[C](C)O)[C@@H](OCc2ccccc2)[C@H](OCc2ccccc2)[C@H]1OCc1ccccc1. The van der Waals surface area contributed by atoms with Crippen LogP contribution in [-0.4, -0.2) is 42.6 Å². The Morgan fingerprint density at radius 2 is 1.18 bits per heavy atom. The Balaban J connectivity index is 1.62. The smallest absolute Gasteiger partial charge is 0.186 e. The lowest BCUT2D eigenvalue weighted by atomic mass is 9.93. The number of ether oxygens (including phenoxy) is 5. The van der Waals surface area contributed by atoms with Gasteiger partial charge in [0.05, 0.1) is 19.8 Å². The first-order valence-electron chi connectivity index (χ1n) is 12.6. The van der Waals surface area contributed by atoms with Crippen LogP contribution in [0.1, 0.15) is 30.0 Å². The Labute approximate surface area is 224 Å². The summed E-state index contributed by atoms with van der Waals surface area (Å²) in [5.41, 5.74) is 2.93. The Kier molecular flexibility index (Phi) is 10.6. The average molecular weight is 519 g/mol. The third-order valence-electron chi connectivity index (χ3n) is 6.29. The number of Topliss-reactive ketones (excluding diaryl/α,β-unsaturated/α-hetero) is 1. The van der Waals surface area contributed by atoms with Gasteiger partial charge in [-0.25, -0.2) is 0 Å². The van der Waals surface area contributed by atoms with Crippen LogP contribution in [0.15, 0.2) is 91.0 Å². The van der Waals surface area contributed by atoms with Gasteiger partial charge in [0, 0.05) is 13.5 Å². The molecule has 7 heteroatoms. The molecule has 0 saturated carbocycles. The van der Waals surface area contributed by atoms with E-state index in [4.69, 9.17) is 23.7 Å². The number of hydrogen-bond donors (Lipinski definition) is 1. The van der Waals surface area contributed by atoms with E-state index in [1.54, 1.807) is 0 Å². The van der Waals surface area contributed by atoms with E-state index in [9.17, 15) is 9.90 Å². The predicted octanol–water partition coefficient (Wildman–Crippen LogP) is 5.16. The molecular weight excluding hydrogens is 484 g/mol. The van der Waals surface area contributed by atoms with E-state index in [1.165, 1.54) is 14.0 Å². The van der Waals surface area contributed by atoms with Crippen LogP contribution in [0.25, 0.3) is 0 Å². The lowest BCUT2D eigenvalue weighted by Crippen LogP contribution is -2.58. The van der Waals surface area contributed by atoms with E-state index in [1.807, 2.05) is 91.0 Å². The quantitative estimate of drug-likeness (QED) is 0.335. The van der Waals surface area contributed by atoms with Gasteiger partial charge in [-0.1, -0.05) is 91.0 Å². The Bertz CT molecular complexity index is 1090. The number of carbonyl (C=O) groups is 1. The molecule has 1 aliphatic heterocycles. The molecule has 1 saturated heterocycles. The van der Waals surface area contributed by atoms with Crippen molar-refractivity contribution >= 4 is 5.78 Å². The maximum absolute atomic E-state index is 12.5. The maximum atomic E-state index is 12.5. The van der Waals surface area contributed by atoms with Crippen molar-refractivity contribution in [1.29, 1.82) is 0 Å². The highest BCUT2D eigenvalue weighted by Gasteiger charge is 2.50. The monoisotopic (exact) mass is 518 g/mol. The lowest BCUT2D eigenvalue weighted by Gasteiger charge is -2.45. The van der Waals surface area contributed by atoms with Crippen LogP contribution in [0.3, 0.4) is 0 Å². The van der Waals surface area contributed by atoms with Crippen molar-refractivity contribution in [1.82, 2.24) is 0 Å². The molecule has 3 aromatic carbocycles. The number of aliphatic hydroxyl groups excluding tert-OH is 1. The van der Waals surface area contributed by atoms with Crippen molar-refractivity contribution < 1.29 is 33.6 Å². The fourth-order valence-electron chi connectivity index (χ4n) is 4.24. The molecule has 3 aromatic rings. The molecular formula is C31H34O7. The molecule has 0 amide bonds. The van der Waals surface area contributed by atoms with Crippen molar-refractivity contribution in [2.75, 3.05) is 7.11 Å². The van der Waals surface area contributed by atoms with Crippen molar-refractivity contribution in [3.63, 3.8) is 0 Å². The molecule has 1 N–H and O–H groups in total. The summed E-state index contributed by atoms with van der Waals surface area (Å²) in [7, 11) is 1.52. The first kappa shape index (κ1) is 28.1. The largest absolute Gasteiger partial charge is 0.379 e. The average Bonchev–Trinajstić information content (AvgIpc) is 2.96. The fraction of sp³-hybridized carbons (Fsp3) is 0.323. The summed E-state index contributed by atoms with van der Waals surface area (Å²) in [5, 5.41) is 9.82. The molecule has 38 heavy (non-hydrogen) atoms. The highest BCUT2D eigenvalue weighted by molar-refractivity contribution is 5.90. The third-order valence-corrected chi connectivity index (χ3v) is 6.29. The van der Waals surface area contributed by atoms with Crippen LogP contribution in [0.4, 0.5) is 0 Å². The second kappa shape index (κ2) is 14.3. The molecule has 2 radical (unpaired) electrons. The first-order valence-corrected chi connectivity index (χ1v) is 12.6. The van der Waals surface area contributed by atoms with Crippen molar-refractivity contribution in [3.05, 3.63) is 120 Å². The van der Waals surface area contributed by atoms with Crippen LogP contribution in [-0.2, 0) is 48.3 Å². The summed E-state index contributed by atoms with van der Waals surface area (Å²) >= 11 is 0. The van der Waals surface area contributed by atoms with Gasteiger partial charge in [0.2, 0.25) is 0 Å². The van der Waals surface area contributed by atoms with Crippen LogP contribution < -0.4 is 0 Å². The Morgan fingerprint density at radius 3 is 1.63 bits per heavy atom. The minimum atomic E-state index is -0.849. The maximum Gasteiger partial charge on any atom is 0.186 e. The normalized spacial score (nSPS) is 22.0. The van der Waals surface area contributed by atoms with Crippen molar-refractivity contribution in [3.8, 4) is 0 Å². The van der Waals surface area contributed by atoms with Crippen LogP contribution >= 0.6 is 0 Å². The summed E-state index contributed by atoms with van der Waals surface area (Å²) in [5.74, 6) is -0.464. The first-order chi connectivity index (χ1) is 18.5. The van der Waals surface area contributed by atoms with Crippen LogP contribution in [0.5, 0.6) is 0 Å². The Morgan fingerprint density at radius 1 is 0.737 bits per heavy atom. The number of benzene rings is 3. The summed E-state index contributed by atoms with van der Waals surface area (Å²) in [4.78, 5) is 12.5. The molecule has 4 atom stereocenters. The van der Waals surface area contributed by atoms with Gasteiger partial charge in [0.25, 0.3) is 0 Å². The number of ketones is 1. The summed E-state index contributed by atoms with van der Waals surface area (Å²) < 4.78 is 31.0. The molecule has 0 unspecified atom stereocenters. The molecule has 1 heterocycles. The minimum Gasteiger partial charge on any atom is -0.379 e. The second-order valence-corrected chi connectivity index (χ2v) is 9.11. The van der Waals surface area contributed by atoms with E-state index >= 15 is 0 Å². The molecule has 0 spiro atoms. The van der Waals surface area contributed by atoms with Gasteiger partial charge in [0.15, 0.2) is 18.2 Å². The van der Waals surface area contributed by atoms with E-state index in [0.717, 1.165) is 16.7 Å². The van der Waals surface area contributed by atoms with Crippen LogP contribution in [0, 0.1) is 12.2 Å². The molecule has 7 nitrogen and oxygen atoms in total. The van der Waals surface area contributed by atoms with Gasteiger partial charge >= 0.3 is 0 Å². The number of methoxy groups -OCH3 is 1. The number of aliphatic hydroxyl groups is 1. The summed E-state index contributed by atoms with van der Waals surface area (Å²) in [6.07, 6.45) is -3.08. The zero-order chi connectivity index (χ0) is 26.7. The molecule has 0 aromatic heterocycles. The fourth-order valence-corrected chi connectivity index (χ4v) is 4.24. The van der Waals surface area contributed by atoms with Gasteiger partial charge in [-0.05, 0) is 23.6 Å². The predicted molar refractivity (Wildman–Crippen MR) is 141 cm³/mol. The topological polar surface area (TPSA) is 83.5 Å². The molecule has 1 aliphatic rings. The van der Waals surface area contributed by atoms with Gasteiger partial charge in [-0.3, -0.25) is 4.79 Å². The summed E-state index contributed by atoms with van der Waals surface area (Å²) in [6, 6.07) is 29.3. The highest BCUT2D eigenvalue weighted by Crippen LogP contribution is 2.36. The molecule has 0 aliphatic carbocycles. The van der Waals surface area contributed by atoms with E-state index < -0.39 is 30.4 Å². The van der Waals surface area contributed by atoms with E-state index in [-0.39, 0.29) is 19.1 Å². The molecule has 200 valence electrons. The minimum absolute atomic E-state index is 0.168. The number of rotatable bonds is 13. The Hall–Kier alpha value is -2.91. The number of carbonyl (C=O) groups excluding carboxylic acids is 1. The third kappa shape index (κ3) is 7.80. The second-order valence-electron chi connectivity index (χ2n) is 9.11. The van der Waals surface area contributed by atoms with E-state index in [0.29, 0.717) is 19.3 Å². The summed E-state index contributed by atoms with van der Waals surface area (Å²) in [6.45, 7) is 2.23. The van der Waals surface area contributed by atoms with Gasteiger partial charge in [-0.15, -0.1) is 0 Å². The van der Waals surface area contributed by atoms with Crippen molar-refractivity contribution in [2.45, 2.75) is 57.8 Å². The standard InChI is InChI=1S/C31H34O7/c1-22(32)26(33)18-27-28(35-19-23-12-6-3-7-13-23)29(36-20-24-14-8-4-9-15-24)30(31(34-2)38-27)37-21-25-16-10-5-11-17-25/h3-17,28-32H,18-21H2,1-2H3/t28-,29+,30-,31+/m1/s1. The van der Waals surface area contributed by atoms with E-state index in [2.05, 4.69) is 0 Å². The highest BCUT2D eigenvalue weighted by atomic mass is 16.7. The van der Waals surface area contributed by atoms with Gasteiger partial charge < -0.3 is 28.8 Å². The zero-order valence-electron chi connectivity index (χ0n) is 21.7. The number of hydrogen-bond acceptors (Lipinski definition) is 7.